The fourth-order valence-corrected chi connectivity index (χ4v) is 2.89. The third-order valence-electron chi connectivity index (χ3n) is 4.02. The Morgan fingerprint density at radius 1 is 1.22 bits per heavy atom. The predicted octanol–water partition coefficient (Wildman–Crippen LogP) is 3.94. The fourth-order valence-electron chi connectivity index (χ4n) is 2.76. The van der Waals surface area contributed by atoms with Crippen LogP contribution in [0.15, 0.2) is 24.3 Å². The number of nitrogens with one attached hydrogen (secondary N) is 1. The lowest BCUT2D eigenvalue weighted by molar-refractivity contribution is 0.193. The lowest BCUT2D eigenvalue weighted by atomic mass is 9.79. The normalized spacial score (nSPS) is 25.7. The average molecular weight is 268 g/mol. The number of benzene rings is 1. The molecule has 1 fully saturated rings. The van der Waals surface area contributed by atoms with Crippen LogP contribution in [-0.2, 0) is 0 Å². The van der Waals surface area contributed by atoms with Crippen LogP contribution in [0.4, 0.5) is 5.69 Å². The minimum atomic E-state index is 0.165. The van der Waals surface area contributed by atoms with Crippen LogP contribution in [0.25, 0.3) is 0 Å². The van der Waals surface area contributed by atoms with Crippen molar-refractivity contribution < 1.29 is 5.11 Å². The molecular formula is C15H22ClNO. The van der Waals surface area contributed by atoms with Crippen LogP contribution in [0.5, 0.6) is 0 Å². The van der Waals surface area contributed by atoms with Gasteiger partial charge in [0.2, 0.25) is 0 Å². The second-order valence-electron chi connectivity index (χ2n) is 5.46. The molecule has 18 heavy (non-hydrogen) atoms. The number of rotatable bonds is 4. The average Bonchev–Trinajstić information content (AvgIpc) is 2.39. The van der Waals surface area contributed by atoms with E-state index in [0.29, 0.717) is 5.92 Å². The van der Waals surface area contributed by atoms with Gasteiger partial charge in [0.15, 0.2) is 0 Å². The van der Waals surface area contributed by atoms with Gasteiger partial charge in [0.1, 0.15) is 0 Å². The van der Waals surface area contributed by atoms with Gasteiger partial charge >= 0.3 is 0 Å². The molecule has 1 unspecified atom stereocenters. The largest absolute Gasteiger partial charge is 0.394 e. The maximum atomic E-state index is 9.57. The number of aliphatic hydroxyl groups excluding tert-OH is 1. The maximum absolute atomic E-state index is 9.57. The van der Waals surface area contributed by atoms with Gasteiger partial charge in [-0.25, -0.2) is 0 Å². The van der Waals surface area contributed by atoms with Crippen molar-refractivity contribution in [2.75, 3.05) is 11.9 Å². The molecule has 0 saturated heterocycles. The highest BCUT2D eigenvalue weighted by atomic mass is 35.5. The highest BCUT2D eigenvalue weighted by molar-refractivity contribution is 6.30. The van der Waals surface area contributed by atoms with E-state index in [4.69, 9.17) is 11.6 Å². The van der Waals surface area contributed by atoms with E-state index in [-0.39, 0.29) is 12.6 Å². The Labute approximate surface area is 114 Å². The van der Waals surface area contributed by atoms with Crippen LogP contribution >= 0.6 is 11.6 Å². The molecule has 100 valence electrons. The predicted molar refractivity (Wildman–Crippen MR) is 77.1 cm³/mol. The molecule has 1 aliphatic carbocycles. The Bertz CT molecular complexity index is 357. The van der Waals surface area contributed by atoms with Gasteiger partial charge in [-0.3, -0.25) is 0 Å². The standard InChI is InChI=1S/C15H22ClNO/c1-11-2-4-12(5-3-11)15(10-18)17-14-8-6-13(16)7-9-14/h6-9,11-12,15,17-18H,2-5,10H2,1H3. The minimum absolute atomic E-state index is 0.165. The van der Waals surface area contributed by atoms with Gasteiger partial charge in [0.05, 0.1) is 12.6 Å². The van der Waals surface area contributed by atoms with Gasteiger partial charge < -0.3 is 10.4 Å². The Hall–Kier alpha value is -0.730. The molecule has 2 nitrogen and oxygen atoms in total. The Morgan fingerprint density at radius 3 is 2.39 bits per heavy atom. The molecule has 1 saturated carbocycles. The van der Waals surface area contributed by atoms with Crippen molar-refractivity contribution >= 4 is 17.3 Å². The summed E-state index contributed by atoms with van der Waals surface area (Å²) in [6.45, 7) is 2.51. The molecule has 2 N–H and O–H groups in total. The van der Waals surface area contributed by atoms with Crippen LogP contribution in [0.1, 0.15) is 32.6 Å². The van der Waals surface area contributed by atoms with Gasteiger partial charge in [-0.1, -0.05) is 31.4 Å². The molecule has 1 aromatic carbocycles. The fraction of sp³-hybridized carbons (Fsp3) is 0.600. The summed E-state index contributed by atoms with van der Waals surface area (Å²) >= 11 is 5.87. The summed E-state index contributed by atoms with van der Waals surface area (Å²) in [5.74, 6) is 1.43. The molecule has 1 aliphatic rings. The summed E-state index contributed by atoms with van der Waals surface area (Å²) in [4.78, 5) is 0. The van der Waals surface area contributed by atoms with Crippen molar-refractivity contribution in [3.05, 3.63) is 29.3 Å². The maximum Gasteiger partial charge on any atom is 0.0635 e. The zero-order chi connectivity index (χ0) is 13.0. The van der Waals surface area contributed by atoms with Crippen LogP contribution in [-0.4, -0.2) is 17.8 Å². The molecule has 0 bridgehead atoms. The number of aliphatic hydroxyl groups is 1. The number of hydrogen-bond donors (Lipinski definition) is 2. The van der Waals surface area contributed by atoms with E-state index in [0.717, 1.165) is 16.6 Å². The second-order valence-corrected chi connectivity index (χ2v) is 5.90. The molecule has 0 heterocycles. The quantitative estimate of drug-likeness (QED) is 0.866. The van der Waals surface area contributed by atoms with E-state index in [1.807, 2.05) is 24.3 Å². The number of hydrogen-bond acceptors (Lipinski definition) is 2. The summed E-state index contributed by atoms with van der Waals surface area (Å²) in [6, 6.07) is 7.86. The highest BCUT2D eigenvalue weighted by Gasteiger charge is 2.25. The molecule has 0 aliphatic heterocycles. The summed E-state index contributed by atoms with van der Waals surface area (Å²) in [5.41, 5.74) is 1.04. The molecule has 3 heteroatoms. The molecule has 1 aromatic rings. The summed E-state index contributed by atoms with van der Waals surface area (Å²) in [7, 11) is 0. The van der Waals surface area contributed by atoms with Gasteiger partial charge in [-0.15, -0.1) is 0 Å². The molecule has 0 aromatic heterocycles. The summed E-state index contributed by atoms with van der Waals surface area (Å²) in [5, 5.41) is 13.7. The lowest BCUT2D eigenvalue weighted by Crippen LogP contribution is -2.34. The van der Waals surface area contributed by atoms with Crippen molar-refractivity contribution in [3.8, 4) is 0 Å². The third kappa shape index (κ3) is 3.63. The molecular weight excluding hydrogens is 246 g/mol. The summed E-state index contributed by atoms with van der Waals surface area (Å²) in [6.07, 6.45) is 4.99. The van der Waals surface area contributed by atoms with E-state index in [9.17, 15) is 5.11 Å². The van der Waals surface area contributed by atoms with Crippen LogP contribution < -0.4 is 5.32 Å². The zero-order valence-electron chi connectivity index (χ0n) is 10.9. The van der Waals surface area contributed by atoms with E-state index >= 15 is 0 Å². The van der Waals surface area contributed by atoms with E-state index < -0.39 is 0 Å². The van der Waals surface area contributed by atoms with Crippen LogP contribution in [0.3, 0.4) is 0 Å². The smallest absolute Gasteiger partial charge is 0.0635 e. The first-order chi connectivity index (χ1) is 8.69. The summed E-state index contributed by atoms with van der Waals surface area (Å²) < 4.78 is 0. The zero-order valence-corrected chi connectivity index (χ0v) is 11.7. The number of anilines is 1. The molecule has 1 atom stereocenters. The van der Waals surface area contributed by atoms with Crippen LogP contribution in [0.2, 0.25) is 5.02 Å². The van der Waals surface area contributed by atoms with E-state index in [1.54, 1.807) is 0 Å². The van der Waals surface area contributed by atoms with Crippen molar-refractivity contribution in [2.24, 2.45) is 11.8 Å². The first-order valence-electron chi connectivity index (χ1n) is 6.82. The number of halogens is 1. The first kappa shape index (κ1) is 13.7. The molecule has 0 spiro atoms. The third-order valence-corrected chi connectivity index (χ3v) is 4.27. The van der Waals surface area contributed by atoms with Gasteiger partial charge in [-0.2, -0.15) is 0 Å². The van der Waals surface area contributed by atoms with Gasteiger partial charge in [-0.05, 0) is 48.9 Å². The van der Waals surface area contributed by atoms with Crippen molar-refractivity contribution in [3.63, 3.8) is 0 Å². The van der Waals surface area contributed by atoms with Gasteiger partial charge in [0.25, 0.3) is 0 Å². The topological polar surface area (TPSA) is 32.3 Å². The lowest BCUT2D eigenvalue weighted by Gasteiger charge is -2.32. The van der Waals surface area contributed by atoms with Gasteiger partial charge in [0, 0.05) is 10.7 Å². The SMILES string of the molecule is CC1CCC(C(CO)Nc2ccc(Cl)cc2)CC1. The Balaban J connectivity index is 1.94. The molecule has 2 rings (SSSR count). The monoisotopic (exact) mass is 267 g/mol. The Morgan fingerprint density at radius 2 is 1.83 bits per heavy atom. The van der Waals surface area contributed by atoms with Crippen molar-refractivity contribution in [2.45, 2.75) is 38.6 Å². The molecule has 0 amide bonds. The van der Waals surface area contributed by atoms with Crippen molar-refractivity contribution in [1.82, 2.24) is 0 Å². The van der Waals surface area contributed by atoms with E-state index in [2.05, 4.69) is 12.2 Å². The Kier molecular flexibility index (Phi) is 4.90. The highest BCUT2D eigenvalue weighted by Crippen LogP contribution is 2.31. The van der Waals surface area contributed by atoms with E-state index in [1.165, 1.54) is 25.7 Å². The van der Waals surface area contributed by atoms with Crippen LogP contribution in [0, 0.1) is 11.8 Å². The van der Waals surface area contributed by atoms with Crippen molar-refractivity contribution in [1.29, 1.82) is 0 Å². The molecule has 0 radical (unpaired) electrons. The first-order valence-corrected chi connectivity index (χ1v) is 7.20. The second kappa shape index (κ2) is 6.44. The minimum Gasteiger partial charge on any atom is -0.394 e.